The number of nitrogens with zero attached hydrogens (tertiary/aromatic N) is 3. The molecule has 0 aromatic heterocycles. The van der Waals surface area contributed by atoms with E-state index in [-0.39, 0.29) is 29.6 Å². The first kappa shape index (κ1) is 17.5. The van der Waals surface area contributed by atoms with Gasteiger partial charge in [-0.05, 0) is 12.0 Å². The van der Waals surface area contributed by atoms with E-state index in [2.05, 4.69) is 0 Å². The summed E-state index contributed by atoms with van der Waals surface area (Å²) in [6.45, 7) is 4.41. The van der Waals surface area contributed by atoms with Gasteiger partial charge in [0.15, 0.2) is 0 Å². The van der Waals surface area contributed by atoms with Crippen molar-refractivity contribution in [1.29, 1.82) is 0 Å². The number of piperazine rings is 1. The van der Waals surface area contributed by atoms with Gasteiger partial charge in [-0.25, -0.2) is 0 Å². The Labute approximate surface area is 148 Å². The summed E-state index contributed by atoms with van der Waals surface area (Å²) in [6.07, 6.45) is 0.643. The third-order valence-electron chi connectivity index (χ3n) is 5.10. The molecule has 1 heterocycles. The Bertz CT molecular complexity index is 653. The van der Waals surface area contributed by atoms with E-state index in [9.17, 15) is 14.4 Å². The van der Waals surface area contributed by atoms with Crippen molar-refractivity contribution in [3.05, 3.63) is 35.9 Å². The lowest BCUT2D eigenvalue weighted by Gasteiger charge is -2.34. The Morgan fingerprint density at radius 3 is 2.20 bits per heavy atom. The second kappa shape index (κ2) is 7.25. The molecule has 0 N–H and O–H groups in total. The first-order valence-electron chi connectivity index (χ1n) is 8.80. The fourth-order valence-electron chi connectivity index (χ4n) is 3.44. The van der Waals surface area contributed by atoms with Gasteiger partial charge < -0.3 is 14.7 Å². The lowest BCUT2D eigenvalue weighted by molar-refractivity contribution is -0.141. The standard InChI is InChI=1S/C19H25N3O3/c1-14(23)21-8-10-22(11-9-21)19(25)17-12-16(17)18(24)20(2)13-15-6-4-3-5-7-15/h3-7,16-17H,8-13H2,1-2H3. The van der Waals surface area contributed by atoms with Crippen molar-refractivity contribution in [2.75, 3.05) is 33.2 Å². The van der Waals surface area contributed by atoms with E-state index in [0.29, 0.717) is 39.1 Å². The average Bonchev–Trinajstić information content (AvgIpc) is 3.42. The normalized spacial score (nSPS) is 22.5. The highest BCUT2D eigenvalue weighted by molar-refractivity contribution is 5.92. The quantitative estimate of drug-likeness (QED) is 0.818. The SMILES string of the molecule is CC(=O)N1CCN(C(=O)C2CC2C(=O)N(C)Cc2ccccc2)CC1. The van der Waals surface area contributed by atoms with Crippen LogP contribution in [0.4, 0.5) is 0 Å². The largest absolute Gasteiger partial charge is 0.341 e. The molecule has 6 heteroatoms. The van der Waals surface area contributed by atoms with Crippen molar-refractivity contribution in [2.45, 2.75) is 19.9 Å². The van der Waals surface area contributed by atoms with E-state index in [4.69, 9.17) is 0 Å². The van der Waals surface area contributed by atoms with Gasteiger partial charge in [0.2, 0.25) is 17.7 Å². The molecule has 2 unspecified atom stereocenters. The number of hydrogen-bond acceptors (Lipinski definition) is 3. The Morgan fingerprint density at radius 1 is 1.00 bits per heavy atom. The van der Waals surface area contributed by atoms with Crippen LogP contribution in [0.25, 0.3) is 0 Å². The van der Waals surface area contributed by atoms with Crippen LogP contribution in [0.2, 0.25) is 0 Å². The van der Waals surface area contributed by atoms with Gasteiger partial charge in [-0.15, -0.1) is 0 Å². The number of amides is 3. The minimum atomic E-state index is -0.188. The Hall–Kier alpha value is -2.37. The lowest BCUT2D eigenvalue weighted by atomic mass is 10.2. The molecule has 0 bridgehead atoms. The molecule has 1 saturated heterocycles. The molecule has 25 heavy (non-hydrogen) atoms. The van der Waals surface area contributed by atoms with Gasteiger partial charge in [-0.3, -0.25) is 14.4 Å². The van der Waals surface area contributed by atoms with Crippen LogP contribution in [0.3, 0.4) is 0 Å². The molecule has 134 valence electrons. The second-order valence-electron chi connectivity index (χ2n) is 6.96. The van der Waals surface area contributed by atoms with E-state index < -0.39 is 0 Å². The molecule has 1 saturated carbocycles. The van der Waals surface area contributed by atoms with Crippen molar-refractivity contribution < 1.29 is 14.4 Å². The Balaban J connectivity index is 1.49. The van der Waals surface area contributed by atoms with Crippen LogP contribution in [-0.4, -0.2) is 65.6 Å². The van der Waals surface area contributed by atoms with Crippen molar-refractivity contribution >= 4 is 17.7 Å². The molecule has 2 aliphatic rings. The van der Waals surface area contributed by atoms with Crippen LogP contribution in [0.15, 0.2) is 30.3 Å². The zero-order valence-electron chi connectivity index (χ0n) is 14.9. The highest BCUT2D eigenvalue weighted by Gasteiger charge is 2.50. The summed E-state index contributed by atoms with van der Waals surface area (Å²) in [4.78, 5) is 41.8. The van der Waals surface area contributed by atoms with Crippen LogP contribution in [0.1, 0.15) is 18.9 Å². The van der Waals surface area contributed by atoms with Crippen molar-refractivity contribution in [1.82, 2.24) is 14.7 Å². The number of hydrogen-bond donors (Lipinski definition) is 0. The summed E-state index contributed by atoms with van der Waals surface area (Å²) in [7, 11) is 1.79. The summed E-state index contributed by atoms with van der Waals surface area (Å²) < 4.78 is 0. The van der Waals surface area contributed by atoms with Crippen LogP contribution in [0, 0.1) is 11.8 Å². The van der Waals surface area contributed by atoms with Gasteiger partial charge in [0.05, 0.1) is 11.8 Å². The fourth-order valence-corrected chi connectivity index (χ4v) is 3.44. The highest BCUT2D eigenvalue weighted by atomic mass is 16.2. The summed E-state index contributed by atoms with van der Waals surface area (Å²) in [5, 5.41) is 0. The van der Waals surface area contributed by atoms with E-state index in [1.807, 2.05) is 30.3 Å². The molecule has 3 amide bonds. The second-order valence-corrected chi connectivity index (χ2v) is 6.96. The maximum atomic E-state index is 12.6. The molecule has 6 nitrogen and oxygen atoms in total. The molecule has 2 fully saturated rings. The molecule has 0 radical (unpaired) electrons. The van der Waals surface area contributed by atoms with Gasteiger partial charge in [0.25, 0.3) is 0 Å². The van der Waals surface area contributed by atoms with Crippen LogP contribution in [0.5, 0.6) is 0 Å². The van der Waals surface area contributed by atoms with E-state index in [0.717, 1.165) is 5.56 Å². The molecule has 3 rings (SSSR count). The summed E-state index contributed by atoms with van der Waals surface area (Å²) in [5.74, 6) is -0.213. The summed E-state index contributed by atoms with van der Waals surface area (Å²) in [5.41, 5.74) is 1.09. The average molecular weight is 343 g/mol. The number of carbonyl (C=O) groups is 3. The molecule has 1 aliphatic carbocycles. The smallest absolute Gasteiger partial charge is 0.226 e. The van der Waals surface area contributed by atoms with E-state index in [1.54, 1.807) is 28.7 Å². The van der Waals surface area contributed by atoms with Crippen LogP contribution in [-0.2, 0) is 20.9 Å². The van der Waals surface area contributed by atoms with Crippen LogP contribution < -0.4 is 0 Å². The first-order valence-corrected chi connectivity index (χ1v) is 8.80. The van der Waals surface area contributed by atoms with Gasteiger partial charge in [0, 0.05) is 46.7 Å². The molecule has 1 aromatic carbocycles. The Kier molecular flexibility index (Phi) is 5.06. The van der Waals surface area contributed by atoms with Crippen molar-refractivity contribution in [3.63, 3.8) is 0 Å². The minimum absolute atomic E-state index is 0.0459. The Morgan fingerprint density at radius 2 is 1.60 bits per heavy atom. The first-order chi connectivity index (χ1) is 12.0. The molecular formula is C19H25N3O3. The molecule has 0 spiro atoms. The van der Waals surface area contributed by atoms with Crippen molar-refractivity contribution in [2.24, 2.45) is 11.8 Å². The molecular weight excluding hydrogens is 318 g/mol. The zero-order chi connectivity index (χ0) is 18.0. The topological polar surface area (TPSA) is 60.9 Å². The maximum absolute atomic E-state index is 12.6. The van der Waals surface area contributed by atoms with E-state index in [1.165, 1.54) is 0 Å². The zero-order valence-corrected chi connectivity index (χ0v) is 14.9. The number of carbonyl (C=O) groups excluding carboxylic acids is 3. The molecule has 1 aromatic rings. The number of rotatable bonds is 4. The lowest BCUT2D eigenvalue weighted by Crippen LogP contribution is -2.50. The summed E-state index contributed by atoms with van der Waals surface area (Å²) >= 11 is 0. The van der Waals surface area contributed by atoms with E-state index >= 15 is 0 Å². The van der Waals surface area contributed by atoms with Gasteiger partial charge in [0.1, 0.15) is 0 Å². The molecule has 1 aliphatic heterocycles. The van der Waals surface area contributed by atoms with Gasteiger partial charge in [-0.2, -0.15) is 0 Å². The van der Waals surface area contributed by atoms with Crippen molar-refractivity contribution in [3.8, 4) is 0 Å². The number of benzene rings is 1. The van der Waals surface area contributed by atoms with Gasteiger partial charge >= 0.3 is 0 Å². The highest BCUT2D eigenvalue weighted by Crippen LogP contribution is 2.41. The summed E-state index contributed by atoms with van der Waals surface area (Å²) in [6, 6.07) is 9.85. The predicted molar refractivity (Wildman–Crippen MR) is 93.3 cm³/mol. The monoisotopic (exact) mass is 343 g/mol. The molecule has 2 atom stereocenters. The third-order valence-corrected chi connectivity index (χ3v) is 5.10. The minimum Gasteiger partial charge on any atom is -0.341 e. The predicted octanol–water partition coefficient (Wildman–Crippen LogP) is 0.972. The third kappa shape index (κ3) is 4.00. The maximum Gasteiger partial charge on any atom is 0.226 e. The van der Waals surface area contributed by atoms with Crippen LogP contribution >= 0.6 is 0 Å². The fraction of sp³-hybridized carbons (Fsp3) is 0.526. The van der Waals surface area contributed by atoms with Gasteiger partial charge in [-0.1, -0.05) is 30.3 Å².